The van der Waals surface area contributed by atoms with Crippen LogP contribution in [0.15, 0.2) is 29.3 Å². The first-order valence-electron chi connectivity index (χ1n) is 8.45. The molecule has 0 aromatic heterocycles. The Labute approximate surface area is 172 Å². The number of benzene rings is 1. The van der Waals surface area contributed by atoms with Gasteiger partial charge < -0.3 is 19.9 Å². The van der Waals surface area contributed by atoms with Crippen molar-refractivity contribution < 1.29 is 13.9 Å². The number of halogens is 2. The first kappa shape index (κ1) is 24.6. The first-order chi connectivity index (χ1) is 11.9. The van der Waals surface area contributed by atoms with Crippen LogP contribution in [0.2, 0.25) is 0 Å². The quantitative estimate of drug-likeness (QED) is 0.255. The van der Waals surface area contributed by atoms with Crippen molar-refractivity contribution >= 4 is 35.8 Å². The maximum absolute atomic E-state index is 13.4. The van der Waals surface area contributed by atoms with Crippen LogP contribution < -0.4 is 5.32 Å². The number of nitrogens with one attached hydrogen (secondary N) is 1. The Bertz CT molecular complexity index is 570. The normalized spacial score (nSPS) is 10.9. The van der Waals surface area contributed by atoms with Crippen molar-refractivity contribution in [2.24, 2.45) is 4.99 Å². The van der Waals surface area contributed by atoms with Gasteiger partial charge in [-0.1, -0.05) is 12.1 Å². The Kier molecular flexibility index (Phi) is 13.0. The van der Waals surface area contributed by atoms with Gasteiger partial charge in [0.1, 0.15) is 12.4 Å². The predicted molar refractivity (Wildman–Crippen MR) is 113 cm³/mol. The number of amides is 1. The van der Waals surface area contributed by atoms with Gasteiger partial charge in [0.15, 0.2) is 5.96 Å². The predicted octanol–water partition coefficient (Wildman–Crippen LogP) is 2.34. The van der Waals surface area contributed by atoms with E-state index in [1.807, 2.05) is 24.9 Å². The van der Waals surface area contributed by atoms with Crippen LogP contribution in [0.25, 0.3) is 0 Å². The number of nitrogens with zero attached hydrogens (tertiary/aromatic N) is 3. The molecule has 1 N–H and O–H groups in total. The highest BCUT2D eigenvalue weighted by Crippen LogP contribution is 2.06. The summed E-state index contributed by atoms with van der Waals surface area (Å²) < 4.78 is 18.7. The van der Waals surface area contributed by atoms with Gasteiger partial charge in [-0.05, 0) is 31.0 Å². The maximum atomic E-state index is 13.4. The molecule has 1 aromatic carbocycles. The van der Waals surface area contributed by atoms with E-state index in [1.165, 1.54) is 17.0 Å². The largest absolute Gasteiger partial charge is 0.382 e. The summed E-state index contributed by atoms with van der Waals surface area (Å²) in [7, 11) is 5.26. The first-order valence-corrected chi connectivity index (χ1v) is 8.45. The zero-order valence-corrected chi connectivity index (χ0v) is 18.3. The van der Waals surface area contributed by atoms with Crippen LogP contribution in [0.5, 0.6) is 0 Å². The number of likely N-dealkylation sites (N-methyl/N-ethyl adjacent to an activating group) is 1. The molecule has 0 aliphatic carbocycles. The van der Waals surface area contributed by atoms with Gasteiger partial charge in [0, 0.05) is 47.4 Å². The van der Waals surface area contributed by atoms with Crippen molar-refractivity contribution in [3.8, 4) is 0 Å². The van der Waals surface area contributed by atoms with Gasteiger partial charge in [-0.3, -0.25) is 4.79 Å². The lowest BCUT2D eigenvalue weighted by Crippen LogP contribution is -2.40. The molecule has 0 bridgehead atoms. The lowest BCUT2D eigenvalue weighted by Gasteiger charge is -2.23. The Hall–Kier alpha value is -1.42. The highest BCUT2D eigenvalue weighted by atomic mass is 127. The second kappa shape index (κ2) is 13.7. The number of hydrogen-bond acceptors (Lipinski definition) is 3. The SMILES string of the molecule is CCOCCCNC(=NCC(=O)N(C)C)N(C)Cc1cccc(F)c1.I. The Morgan fingerprint density at radius 1 is 1.31 bits per heavy atom. The van der Waals surface area contributed by atoms with Gasteiger partial charge in [-0.15, -0.1) is 24.0 Å². The van der Waals surface area contributed by atoms with Crippen LogP contribution in [0.4, 0.5) is 4.39 Å². The Morgan fingerprint density at radius 2 is 2.04 bits per heavy atom. The summed E-state index contributed by atoms with van der Waals surface area (Å²) in [5, 5.41) is 3.24. The van der Waals surface area contributed by atoms with E-state index in [1.54, 1.807) is 20.2 Å². The average molecular weight is 480 g/mol. The molecule has 0 spiro atoms. The topological polar surface area (TPSA) is 57.2 Å². The van der Waals surface area contributed by atoms with Crippen LogP contribution >= 0.6 is 24.0 Å². The third-order valence-electron chi connectivity index (χ3n) is 3.49. The molecule has 1 aromatic rings. The second-order valence-corrected chi connectivity index (χ2v) is 5.89. The summed E-state index contributed by atoms with van der Waals surface area (Å²) in [4.78, 5) is 19.6. The number of hydrogen-bond donors (Lipinski definition) is 1. The highest BCUT2D eigenvalue weighted by molar-refractivity contribution is 14.0. The molecule has 0 saturated carbocycles. The second-order valence-electron chi connectivity index (χ2n) is 5.89. The molecular weight excluding hydrogens is 450 g/mol. The van der Waals surface area contributed by atoms with Gasteiger partial charge >= 0.3 is 0 Å². The molecule has 0 atom stereocenters. The van der Waals surface area contributed by atoms with Crippen molar-refractivity contribution in [1.29, 1.82) is 0 Å². The molecule has 0 unspecified atom stereocenters. The highest BCUT2D eigenvalue weighted by Gasteiger charge is 2.10. The lowest BCUT2D eigenvalue weighted by molar-refractivity contribution is -0.127. The summed E-state index contributed by atoms with van der Waals surface area (Å²) in [6.07, 6.45) is 0.836. The van der Waals surface area contributed by atoms with Crippen LogP contribution in [-0.4, -0.2) is 69.1 Å². The van der Waals surface area contributed by atoms with Crippen molar-refractivity contribution in [3.05, 3.63) is 35.6 Å². The molecular formula is C18H30FIN4O2. The van der Waals surface area contributed by atoms with Crippen molar-refractivity contribution in [2.45, 2.75) is 19.9 Å². The Morgan fingerprint density at radius 3 is 2.65 bits per heavy atom. The molecule has 0 saturated heterocycles. The molecule has 0 radical (unpaired) electrons. The van der Waals surface area contributed by atoms with Crippen molar-refractivity contribution in [3.63, 3.8) is 0 Å². The maximum Gasteiger partial charge on any atom is 0.243 e. The smallest absolute Gasteiger partial charge is 0.243 e. The van der Waals surface area contributed by atoms with E-state index in [4.69, 9.17) is 4.74 Å². The minimum atomic E-state index is -0.267. The third kappa shape index (κ3) is 9.91. The van der Waals surface area contributed by atoms with Crippen molar-refractivity contribution in [2.75, 3.05) is 47.4 Å². The lowest BCUT2D eigenvalue weighted by atomic mass is 10.2. The molecule has 0 fully saturated rings. The monoisotopic (exact) mass is 480 g/mol. The van der Waals surface area contributed by atoms with E-state index >= 15 is 0 Å². The van der Waals surface area contributed by atoms with Crippen LogP contribution in [-0.2, 0) is 16.1 Å². The zero-order chi connectivity index (χ0) is 18.7. The molecule has 0 aliphatic rings. The Balaban J connectivity index is 0.00000625. The minimum Gasteiger partial charge on any atom is -0.382 e. The fourth-order valence-corrected chi connectivity index (χ4v) is 2.10. The fourth-order valence-electron chi connectivity index (χ4n) is 2.10. The summed E-state index contributed by atoms with van der Waals surface area (Å²) in [5.41, 5.74) is 0.838. The van der Waals surface area contributed by atoms with Crippen LogP contribution in [0.3, 0.4) is 0 Å². The molecule has 0 heterocycles. The van der Waals surface area contributed by atoms with Crippen LogP contribution in [0.1, 0.15) is 18.9 Å². The molecule has 8 heteroatoms. The van der Waals surface area contributed by atoms with E-state index in [0.29, 0.717) is 32.3 Å². The molecule has 6 nitrogen and oxygen atoms in total. The number of ether oxygens (including phenoxy) is 1. The number of carbonyl (C=O) groups is 1. The molecule has 1 rings (SSSR count). The van der Waals surface area contributed by atoms with Gasteiger partial charge in [0.25, 0.3) is 0 Å². The van der Waals surface area contributed by atoms with Gasteiger partial charge in [-0.2, -0.15) is 0 Å². The number of rotatable bonds is 9. The summed E-state index contributed by atoms with van der Waals surface area (Å²) >= 11 is 0. The van der Waals surface area contributed by atoms with E-state index in [0.717, 1.165) is 12.0 Å². The standard InChI is InChI=1S/C18H29FN4O2.HI/c1-5-25-11-7-10-20-18(21-13-17(24)22(2)3)23(4)14-15-8-6-9-16(19)12-15;/h6,8-9,12H,5,7,10-11,13-14H2,1-4H3,(H,20,21);1H. The summed E-state index contributed by atoms with van der Waals surface area (Å²) in [5.74, 6) is 0.264. The van der Waals surface area contributed by atoms with E-state index in [-0.39, 0.29) is 42.2 Å². The van der Waals surface area contributed by atoms with Crippen molar-refractivity contribution in [1.82, 2.24) is 15.1 Å². The van der Waals surface area contributed by atoms with Gasteiger partial charge in [0.2, 0.25) is 5.91 Å². The molecule has 26 heavy (non-hydrogen) atoms. The van der Waals surface area contributed by atoms with Gasteiger partial charge in [0.05, 0.1) is 0 Å². The zero-order valence-electron chi connectivity index (χ0n) is 16.0. The molecule has 0 aliphatic heterocycles. The average Bonchev–Trinajstić information content (AvgIpc) is 2.56. The van der Waals surface area contributed by atoms with E-state index in [9.17, 15) is 9.18 Å². The summed E-state index contributed by atoms with van der Waals surface area (Å²) in [6, 6.07) is 6.45. The number of guanidine groups is 1. The fraction of sp³-hybridized carbons (Fsp3) is 0.556. The molecule has 148 valence electrons. The number of carbonyl (C=O) groups excluding carboxylic acids is 1. The minimum absolute atomic E-state index is 0. The summed E-state index contributed by atoms with van der Waals surface area (Å²) in [6.45, 7) is 4.56. The number of aliphatic imine (C=N–C) groups is 1. The third-order valence-corrected chi connectivity index (χ3v) is 3.49. The van der Waals surface area contributed by atoms with E-state index in [2.05, 4.69) is 10.3 Å². The van der Waals surface area contributed by atoms with E-state index < -0.39 is 0 Å². The van der Waals surface area contributed by atoms with Gasteiger partial charge in [-0.25, -0.2) is 9.38 Å². The molecule has 1 amide bonds. The van der Waals surface area contributed by atoms with Crippen LogP contribution in [0, 0.1) is 5.82 Å².